The highest BCUT2D eigenvalue weighted by Crippen LogP contribution is 2.15. The van der Waals surface area contributed by atoms with E-state index in [2.05, 4.69) is 4.72 Å². The van der Waals surface area contributed by atoms with Gasteiger partial charge in [-0.3, -0.25) is 9.69 Å². The fourth-order valence-corrected chi connectivity index (χ4v) is 3.74. The molecule has 1 saturated heterocycles. The van der Waals surface area contributed by atoms with Crippen LogP contribution in [0.15, 0.2) is 29.2 Å². The van der Waals surface area contributed by atoms with Crippen molar-refractivity contribution in [2.24, 2.45) is 5.73 Å². The van der Waals surface area contributed by atoms with Crippen LogP contribution in [0, 0.1) is 6.92 Å². The van der Waals surface area contributed by atoms with E-state index in [1.165, 1.54) is 0 Å². The summed E-state index contributed by atoms with van der Waals surface area (Å²) in [5.74, 6) is -0.353. The van der Waals surface area contributed by atoms with Crippen molar-refractivity contribution < 1.29 is 13.2 Å². The van der Waals surface area contributed by atoms with Gasteiger partial charge in [0, 0.05) is 19.1 Å². The number of piperidine rings is 1. The highest BCUT2D eigenvalue weighted by Gasteiger charge is 2.24. The van der Waals surface area contributed by atoms with E-state index in [0.29, 0.717) is 25.9 Å². The number of sulfonamides is 1. The van der Waals surface area contributed by atoms with Crippen LogP contribution in [-0.4, -0.2) is 44.9 Å². The molecule has 1 aliphatic heterocycles. The van der Waals surface area contributed by atoms with Crippen molar-refractivity contribution in [2.75, 3.05) is 19.6 Å². The van der Waals surface area contributed by atoms with Crippen molar-refractivity contribution in [3.63, 3.8) is 0 Å². The zero-order valence-corrected chi connectivity index (χ0v) is 12.9. The molecule has 1 amide bonds. The third-order valence-corrected chi connectivity index (χ3v) is 5.16. The van der Waals surface area contributed by atoms with E-state index in [9.17, 15) is 13.2 Å². The lowest BCUT2D eigenvalue weighted by Gasteiger charge is -2.31. The zero-order valence-electron chi connectivity index (χ0n) is 12.1. The lowest BCUT2D eigenvalue weighted by atomic mass is 10.1. The summed E-state index contributed by atoms with van der Waals surface area (Å²) in [6.07, 6.45) is 1.36. The minimum absolute atomic E-state index is 0.0968. The average molecular weight is 311 g/mol. The fraction of sp³-hybridized carbons (Fsp3) is 0.500. The van der Waals surface area contributed by atoms with Crippen molar-refractivity contribution in [2.45, 2.75) is 30.7 Å². The molecule has 0 radical (unpaired) electrons. The summed E-state index contributed by atoms with van der Waals surface area (Å²) in [6, 6.07) is 6.69. The van der Waals surface area contributed by atoms with E-state index in [1.807, 2.05) is 11.8 Å². The first kappa shape index (κ1) is 15.9. The van der Waals surface area contributed by atoms with Crippen LogP contribution in [0.2, 0.25) is 0 Å². The number of amides is 1. The SMILES string of the molecule is Cc1ccc(S(=O)(=O)NC2CCN(CC(N)=O)CC2)cc1. The van der Waals surface area contributed by atoms with Gasteiger partial charge in [0.1, 0.15) is 0 Å². The minimum Gasteiger partial charge on any atom is -0.369 e. The second-order valence-electron chi connectivity index (χ2n) is 5.45. The number of nitrogens with one attached hydrogen (secondary N) is 1. The third-order valence-electron chi connectivity index (χ3n) is 3.62. The smallest absolute Gasteiger partial charge is 0.240 e. The number of hydrogen-bond donors (Lipinski definition) is 2. The van der Waals surface area contributed by atoms with E-state index in [4.69, 9.17) is 5.73 Å². The molecule has 0 unspecified atom stereocenters. The van der Waals surface area contributed by atoms with Gasteiger partial charge >= 0.3 is 0 Å². The Bertz CT molecular complexity index is 590. The number of benzene rings is 1. The minimum atomic E-state index is -3.48. The highest BCUT2D eigenvalue weighted by molar-refractivity contribution is 7.89. The van der Waals surface area contributed by atoms with Crippen molar-refractivity contribution in [3.05, 3.63) is 29.8 Å². The van der Waals surface area contributed by atoms with Gasteiger partial charge in [-0.15, -0.1) is 0 Å². The molecule has 2 rings (SSSR count). The number of nitrogens with zero attached hydrogens (tertiary/aromatic N) is 1. The van der Waals surface area contributed by atoms with Gasteiger partial charge in [-0.05, 0) is 31.9 Å². The largest absolute Gasteiger partial charge is 0.369 e. The molecule has 0 saturated carbocycles. The molecular formula is C14H21N3O3S. The monoisotopic (exact) mass is 311 g/mol. The van der Waals surface area contributed by atoms with Crippen molar-refractivity contribution in [1.82, 2.24) is 9.62 Å². The number of carbonyl (C=O) groups excluding carboxylic acids is 1. The van der Waals surface area contributed by atoms with E-state index in [-0.39, 0.29) is 23.4 Å². The van der Waals surface area contributed by atoms with Crippen molar-refractivity contribution in [3.8, 4) is 0 Å². The Balaban J connectivity index is 1.93. The molecule has 7 heteroatoms. The molecule has 116 valence electrons. The highest BCUT2D eigenvalue weighted by atomic mass is 32.2. The van der Waals surface area contributed by atoms with Gasteiger partial charge in [0.05, 0.1) is 11.4 Å². The fourth-order valence-electron chi connectivity index (χ4n) is 2.43. The first-order valence-electron chi connectivity index (χ1n) is 6.96. The Morgan fingerprint density at radius 2 is 1.86 bits per heavy atom. The Hall–Kier alpha value is -1.44. The Morgan fingerprint density at radius 3 is 2.38 bits per heavy atom. The third kappa shape index (κ3) is 4.52. The molecule has 6 nitrogen and oxygen atoms in total. The molecule has 1 heterocycles. The van der Waals surface area contributed by atoms with Crippen molar-refractivity contribution in [1.29, 1.82) is 0 Å². The van der Waals surface area contributed by atoms with E-state index in [1.54, 1.807) is 24.3 Å². The van der Waals surface area contributed by atoms with Crippen LogP contribution in [0.4, 0.5) is 0 Å². The summed E-state index contributed by atoms with van der Waals surface area (Å²) < 4.78 is 27.3. The summed E-state index contributed by atoms with van der Waals surface area (Å²) in [5.41, 5.74) is 6.18. The molecule has 1 aromatic rings. The van der Waals surface area contributed by atoms with Crippen LogP contribution in [0.3, 0.4) is 0 Å². The van der Waals surface area contributed by atoms with E-state index < -0.39 is 10.0 Å². The summed E-state index contributed by atoms with van der Waals surface area (Å²) in [6.45, 7) is 3.49. The maximum atomic E-state index is 12.3. The van der Waals surface area contributed by atoms with Crippen LogP contribution in [0.25, 0.3) is 0 Å². The Kier molecular flexibility index (Phi) is 4.97. The number of likely N-dealkylation sites (tertiary alicyclic amines) is 1. The standard InChI is InChI=1S/C14H21N3O3S/c1-11-2-4-13(5-3-11)21(19,20)16-12-6-8-17(9-7-12)10-14(15)18/h2-5,12,16H,6-10H2,1H3,(H2,15,18). The molecule has 0 aromatic heterocycles. The summed E-state index contributed by atoms with van der Waals surface area (Å²) in [5, 5.41) is 0. The van der Waals surface area contributed by atoms with Gasteiger partial charge in [-0.25, -0.2) is 13.1 Å². The van der Waals surface area contributed by atoms with Gasteiger partial charge < -0.3 is 5.73 Å². The lowest BCUT2D eigenvalue weighted by molar-refractivity contribution is -0.119. The molecule has 0 bridgehead atoms. The molecule has 0 aliphatic carbocycles. The zero-order chi connectivity index (χ0) is 15.5. The van der Waals surface area contributed by atoms with E-state index in [0.717, 1.165) is 5.56 Å². The van der Waals surface area contributed by atoms with Crippen LogP contribution >= 0.6 is 0 Å². The van der Waals surface area contributed by atoms with Gasteiger partial charge in [0.2, 0.25) is 15.9 Å². The average Bonchev–Trinajstić information content (AvgIpc) is 2.40. The van der Waals surface area contributed by atoms with Crippen LogP contribution in [-0.2, 0) is 14.8 Å². The molecule has 1 aromatic carbocycles. The van der Waals surface area contributed by atoms with Gasteiger partial charge in [0.25, 0.3) is 0 Å². The normalized spacial score (nSPS) is 17.8. The molecular weight excluding hydrogens is 290 g/mol. The number of aryl methyl sites for hydroxylation is 1. The molecule has 1 fully saturated rings. The topological polar surface area (TPSA) is 92.5 Å². The predicted octanol–water partition coefficient (Wildman–Crippen LogP) is 0.223. The maximum Gasteiger partial charge on any atom is 0.240 e. The van der Waals surface area contributed by atoms with Gasteiger partial charge in [-0.2, -0.15) is 0 Å². The molecule has 0 atom stereocenters. The van der Waals surface area contributed by atoms with Gasteiger partial charge in [0.15, 0.2) is 0 Å². The first-order chi connectivity index (χ1) is 9.87. The lowest BCUT2D eigenvalue weighted by Crippen LogP contribution is -2.46. The summed E-state index contributed by atoms with van der Waals surface area (Å²) >= 11 is 0. The van der Waals surface area contributed by atoms with Crippen LogP contribution in [0.1, 0.15) is 18.4 Å². The number of rotatable bonds is 5. The predicted molar refractivity (Wildman–Crippen MR) is 80.2 cm³/mol. The van der Waals surface area contributed by atoms with Crippen molar-refractivity contribution >= 4 is 15.9 Å². The molecule has 1 aliphatic rings. The summed E-state index contributed by atoms with van der Waals surface area (Å²) in [4.78, 5) is 13.1. The Labute approximate surface area is 125 Å². The Morgan fingerprint density at radius 1 is 1.29 bits per heavy atom. The second-order valence-corrected chi connectivity index (χ2v) is 7.17. The van der Waals surface area contributed by atoms with Crippen LogP contribution < -0.4 is 10.5 Å². The maximum absolute atomic E-state index is 12.3. The molecule has 0 spiro atoms. The number of primary amides is 1. The number of hydrogen-bond acceptors (Lipinski definition) is 4. The molecule has 21 heavy (non-hydrogen) atoms. The number of nitrogens with two attached hydrogens (primary N) is 1. The van der Waals surface area contributed by atoms with E-state index >= 15 is 0 Å². The number of carbonyl (C=O) groups is 1. The summed E-state index contributed by atoms with van der Waals surface area (Å²) in [7, 11) is -3.48. The first-order valence-corrected chi connectivity index (χ1v) is 8.45. The van der Waals surface area contributed by atoms with Crippen LogP contribution in [0.5, 0.6) is 0 Å². The van der Waals surface area contributed by atoms with Gasteiger partial charge in [-0.1, -0.05) is 17.7 Å². The quantitative estimate of drug-likeness (QED) is 0.814. The second kappa shape index (κ2) is 6.55. The molecule has 3 N–H and O–H groups in total.